The van der Waals surface area contributed by atoms with Crippen LogP contribution in [0.2, 0.25) is 0 Å². The molecule has 0 spiro atoms. The van der Waals surface area contributed by atoms with Gasteiger partial charge in [0.1, 0.15) is 6.61 Å². The van der Waals surface area contributed by atoms with E-state index in [1.165, 1.54) is 13.0 Å². The Bertz CT molecular complexity index is 694. The topological polar surface area (TPSA) is 46.5 Å². The summed E-state index contributed by atoms with van der Waals surface area (Å²) in [5, 5.41) is 8.88. The molecule has 1 aromatic rings. The minimum Gasteiger partial charge on any atom is -0.503 e. The van der Waals surface area contributed by atoms with Gasteiger partial charge in [-0.1, -0.05) is 13.8 Å². The van der Waals surface area contributed by atoms with E-state index in [-0.39, 0.29) is 0 Å². The van der Waals surface area contributed by atoms with Gasteiger partial charge in [0.25, 0.3) is 0 Å². The van der Waals surface area contributed by atoms with E-state index >= 15 is 0 Å². The van der Waals surface area contributed by atoms with E-state index in [9.17, 15) is 26.7 Å². The molecule has 132 valence electrons. The van der Waals surface area contributed by atoms with Crippen molar-refractivity contribution in [3.63, 3.8) is 0 Å². The normalized spacial score (nSPS) is 22.4. The second-order valence-electron chi connectivity index (χ2n) is 6.27. The predicted molar refractivity (Wildman–Crippen MR) is 73.4 cm³/mol. The van der Waals surface area contributed by atoms with Crippen LogP contribution in [0.25, 0.3) is 0 Å². The number of allylic oxidation sites excluding steroid dienone is 2. The summed E-state index contributed by atoms with van der Waals surface area (Å²) in [4.78, 5) is 12.0. The highest BCUT2D eigenvalue weighted by atomic mass is 19.2. The summed E-state index contributed by atoms with van der Waals surface area (Å²) in [7, 11) is 0. The molecule has 1 fully saturated rings. The van der Waals surface area contributed by atoms with Crippen molar-refractivity contribution >= 4 is 5.97 Å². The number of carbonyl (C=O) groups excluding carboxylic acids is 1. The Kier molecular flexibility index (Phi) is 4.61. The van der Waals surface area contributed by atoms with Crippen molar-refractivity contribution in [2.45, 2.75) is 27.4 Å². The van der Waals surface area contributed by atoms with Crippen molar-refractivity contribution < 1.29 is 36.6 Å². The Balaban J connectivity index is 2.16. The zero-order chi connectivity index (χ0) is 18.4. The largest absolute Gasteiger partial charge is 0.503 e. The molecule has 24 heavy (non-hydrogen) atoms. The zero-order valence-corrected chi connectivity index (χ0v) is 13.1. The van der Waals surface area contributed by atoms with E-state index in [2.05, 4.69) is 0 Å². The van der Waals surface area contributed by atoms with Gasteiger partial charge in [-0.3, -0.25) is 4.79 Å². The number of carbonyl (C=O) groups is 1. The van der Waals surface area contributed by atoms with Crippen LogP contribution in [0.15, 0.2) is 11.9 Å². The molecule has 2 atom stereocenters. The number of benzene rings is 1. The van der Waals surface area contributed by atoms with Crippen LogP contribution in [-0.2, 0) is 16.1 Å². The third kappa shape index (κ3) is 2.97. The number of phenolic OH excluding ortho intramolecular Hbond substituents is 1. The Morgan fingerprint density at radius 3 is 2.12 bits per heavy atom. The standard InChI is InChI=1S/C16H15F5O3/c1-6(17)4-8-9(16(8,2)3)15(23)24-5-7-10(18)12(20)14(22)13(21)11(7)19/h4,8-9,22H,5H2,1-3H3/b6-4-/t8?,9-/m0/s1. The second-order valence-corrected chi connectivity index (χ2v) is 6.27. The van der Waals surface area contributed by atoms with Crippen LogP contribution in [-0.4, -0.2) is 11.1 Å². The highest BCUT2D eigenvalue weighted by molar-refractivity contribution is 5.78. The molecule has 8 heteroatoms. The maximum atomic E-state index is 13.6. The van der Waals surface area contributed by atoms with Crippen LogP contribution in [0.1, 0.15) is 26.3 Å². The fraction of sp³-hybridized carbons (Fsp3) is 0.438. The Hall–Kier alpha value is -2.12. The lowest BCUT2D eigenvalue weighted by Gasteiger charge is -2.10. The average molecular weight is 350 g/mol. The number of aromatic hydroxyl groups is 1. The fourth-order valence-corrected chi connectivity index (χ4v) is 2.71. The minimum atomic E-state index is -1.97. The van der Waals surface area contributed by atoms with Gasteiger partial charge in [0.05, 0.1) is 17.3 Å². The molecule has 0 saturated heterocycles. The molecule has 1 saturated carbocycles. The number of halogens is 5. The molecule has 1 aliphatic carbocycles. The van der Waals surface area contributed by atoms with Gasteiger partial charge in [-0.25, -0.2) is 13.2 Å². The van der Waals surface area contributed by atoms with Gasteiger partial charge in [-0.15, -0.1) is 0 Å². The van der Waals surface area contributed by atoms with E-state index in [0.29, 0.717) is 0 Å². The molecule has 2 rings (SSSR count). The third-order valence-corrected chi connectivity index (χ3v) is 4.26. The van der Waals surface area contributed by atoms with E-state index in [1.54, 1.807) is 13.8 Å². The molecule has 1 N–H and O–H groups in total. The van der Waals surface area contributed by atoms with Crippen molar-refractivity contribution in [3.05, 3.63) is 40.7 Å². The smallest absolute Gasteiger partial charge is 0.310 e. The molecule has 3 nitrogen and oxygen atoms in total. The van der Waals surface area contributed by atoms with Crippen molar-refractivity contribution in [1.29, 1.82) is 0 Å². The van der Waals surface area contributed by atoms with Gasteiger partial charge in [0.15, 0.2) is 17.4 Å². The molecular weight excluding hydrogens is 335 g/mol. The van der Waals surface area contributed by atoms with Crippen LogP contribution in [0.5, 0.6) is 5.75 Å². The zero-order valence-electron chi connectivity index (χ0n) is 13.1. The van der Waals surface area contributed by atoms with Crippen LogP contribution < -0.4 is 0 Å². The van der Waals surface area contributed by atoms with Gasteiger partial charge >= 0.3 is 5.97 Å². The van der Waals surface area contributed by atoms with Gasteiger partial charge in [0, 0.05) is 0 Å². The van der Waals surface area contributed by atoms with Crippen LogP contribution in [0, 0.1) is 40.5 Å². The molecule has 0 amide bonds. The van der Waals surface area contributed by atoms with Crippen molar-refractivity contribution in [2.24, 2.45) is 17.3 Å². The van der Waals surface area contributed by atoms with Crippen molar-refractivity contribution in [3.8, 4) is 5.75 Å². The molecule has 0 radical (unpaired) electrons. The monoisotopic (exact) mass is 350 g/mol. The first-order chi connectivity index (χ1) is 11.0. The van der Waals surface area contributed by atoms with Crippen LogP contribution >= 0.6 is 0 Å². The molecule has 0 aromatic heterocycles. The van der Waals surface area contributed by atoms with Gasteiger partial charge in [-0.05, 0) is 24.3 Å². The lowest BCUT2D eigenvalue weighted by Crippen LogP contribution is -2.13. The molecule has 0 aliphatic heterocycles. The fourth-order valence-electron chi connectivity index (χ4n) is 2.71. The highest BCUT2D eigenvalue weighted by Gasteiger charge is 2.61. The number of hydrogen-bond acceptors (Lipinski definition) is 3. The van der Waals surface area contributed by atoms with E-state index in [1.807, 2.05) is 0 Å². The lowest BCUT2D eigenvalue weighted by atomic mass is 10.1. The summed E-state index contributed by atoms with van der Waals surface area (Å²) in [6.45, 7) is 3.53. The van der Waals surface area contributed by atoms with Crippen LogP contribution in [0.4, 0.5) is 22.0 Å². The van der Waals surface area contributed by atoms with Crippen LogP contribution in [0.3, 0.4) is 0 Å². The molecule has 1 aliphatic rings. The number of rotatable bonds is 4. The third-order valence-electron chi connectivity index (χ3n) is 4.26. The van der Waals surface area contributed by atoms with Gasteiger partial charge in [0.2, 0.25) is 11.6 Å². The summed E-state index contributed by atoms with van der Waals surface area (Å²) in [6.07, 6.45) is 1.24. The average Bonchev–Trinajstić information content (AvgIpc) is 3.02. The number of phenols is 1. The first-order valence-corrected chi connectivity index (χ1v) is 7.04. The predicted octanol–water partition coefficient (Wildman–Crippen LogP) is 4.14. The summed E-state index contributed by atoms with van der Waals surface area (Å²) in [6, 6.07) is 0. The molecule has 0 heterocycles. The molecule has 1 unspecified atom stereocenters. The molecule has 1 aromatic carbocycles. The Morgan fingerprint density at radius 1 is 1.17 bits per heavy atom. The van der Waals surface area contributed by atoms with E-state index in [0.717, 1.165) is 0 Å². The maximum absolute atomic E-state index is 13.6. The molecule has 0 bridgehead atoms. The second kappa shape index (κ2) is 6.07. The number of esters is 1. The summed E-state index contributed by atoms with van der Waals surface area (Å²) in [5.74, 6) is -11.9. The summed E-state index contributed by atoms with van der Waals surface area (Å²) in [5.41, 5.74) is -1.75. The molecular formula is C16H15F5O3. The van der Waals surface area contributed by atoms with E-state index < -0.39 is 70.2 Å². The first kappa shape index (κ1) is 18.2. The van der Waals surface area contributed by atoms with Crippen molar-refractivity contribution in [1.82, 2.24) is 0 Å². The minimum absolute atomic E-state index is 0.446. The maximum Gasteiger partial charge on any atom is 0.310 e. The van der Waals surface area contributed by atoms with Gasteiger partial charge in [-0.2, -0.15) is 8.78 Å². The SMILES string of the molecule is C/C(F)=C/C1[C@@H](C(=O)OCc2c(F)c(F)c(O)c(F)c2F)C1(C)C. The Morgan fingerprint density at radius 2 is 1.67 bits per heavy atom. The Labute approximate surface area is 134 Å². The number of hydrogen-bond donors (Lipinski definition) is 1. The quantitative estimate of drug-likeness (QED) is 0.504. The lowest BCUT2D eigenvalue weighted by molar-refractivity contribution is -0.147. The van der Waals surface area contributed by atoms with Crippen molar-refractivity contribution in [2.75, 3.05) is 0 Å². The van der Waals surface area contributed by atoms with Gasteiger partial charge < -0.3 is 9.84 Å². The highest BCUT2D eigenvalue weighted by Crippen LogP contribution is 2.60. The summed E-state index contributed by atoms with van der Waals surface area (Å²) >= 11 is 0. The van der Waals surface area contributed by atoms with E-state index in [4.69, 9.17) is 9.84 Å². The first-order valence-electron chi connectivity index (χ1n) is 7.04. The summed E-state index contributed by atoms with van der Waals surface area (Å²) < 4.78 is 71.3. The number of ether oxygens (including phenoxy) is 1.